The molecule has 21 heavy (non-hydrogen) atoms. The SMILES string of the molecule is N#Cc1cc([N+](=O)[O-])ccc1NCCc1ccc(O)cc1. The predicted molar refractivity (Wildman–Crippen MR) is 78.1 cm³/mol. The maximum absolute atomic E-state index is 10.7. The number of nitro benzene ring substituents is 1. The molecule has 0 aliphatic carbocycles. The molecule has 0 heterocycles. The Morgan fingerprint density at radius 3 is 2.57 bits per heavy atom. The standard InChI is InChI=1S/C15H13N3O3/c16-10-12-9-13(18(20)21)3-6-15(12)17-8-7-11-1-4-14(19)5-2-11/h1-6,9,17,19H,7-8H2. The highest BCUT2D eigenvalue weighted by atomic mass is 16.6. The fourth-order valence-corrected chi connectivity index (χ4v) is 1.90. The molecule has 0 atom stereocenters. The number of aromatic hydroxyl groups is 1. The van der Waals surface area contributed by atoms with Gasteiger partial charge in [-0.1, -0.05) is 12.1 Å². The van der Waals surface area contributed by atoms with Crippen molar-refractivity contribution in [1.29, 1.82) is 5.26 Å². The highest BCUT2D eigenvalue weighted by Gasteiger charge is 2.10. The molecule has 6 heteroatoms. The summed E-state index contributed by atoms with van der Waals surface area (Å²) < 4.78 is 0. The van der Waals surface area contributed by atoms with E-state index < -0.39 is 4.92 Å². The largest absolute Gasteiger partial charge is 0.508 e. The van der Waals surface area contributed by atoms with Crippen LogP contribution in [0, 0.1) is 21.4 Å². The van der Waals surface area contributed by atoms with E-state index in [0.29, 0.717) is 18.7 Å². The molecular formula is C15H13N3O3. The number of nitriles is 1. The number of nitrogens with one attached hydrogen (secondary N) is 1. The zero-order valence-corrected chi connectivity index (χ0v) is 11.1. The molecule has 106 valence electrons. The van der Waals surface area contributed by atoms with Gasteiger partial charge in [0.1, 0.15) is 11.8 Å². The number of anilines is 1. The Morgan fingerprint density at radius 2 is 1.95 bits per heavy atom. The number of rotatable bonds is 5. The minimum Gasteiger partial charge on any atom is -0.508 e. The van der Waals surface area contributed by atoms with Crippen LogP contribution in [0.2, 0.25) is 0 Å². The lowest BCUT2D eigenvalue weighted by Crippen LogP contribution is -2.06. The van der Waals surface area contributed by atoms with Gasteiger partial charge in [0, 0.05) is 18.7 Å². The maximum Gasteiger partial charge on any atom is 0.270 e. The third kappa shape index (κ3) is 3.70. The van der Waals surface area contributed by atoms with Crippen LogP contribution < -0.4 is 5.32 Å². The number of hydrogen-bond acceptors (Lipinski definition) is 5. The molecule has 0 amide bonds. The van der Waals surface area contributed by atoms with Crippen LogP contribution in [0.3, 0.4) is 0 Å². The summed E-state index contributed by atoms with van der Waals surface area (Å²) >= 11 is 0. The molecule has 0 fully saturated rings. The second kappa shape index (κ2) is 6.39. The average molecular weight is 283 g/mol. The number of phenolic OH excluding ortho intramolecular Hbond substituents is 1. The first-order chi connectivity index (χ1) is 10.1. The highest BCUT2D eigenvalue weighted by molar-refractivity contribution is 5.61. The second-order valence-corrected chi connectivity index (χ2v) is 4.44. The van der Waals surface area contributed by atoms with Gasteiger partial charge >= 0.3 is 0 Å². The van der Waals surface area contributed by atoms with Crippen LogP contribution >= 0.6 is 0 Å². The van der Waals surface area contributed by atoms with E-state index in [1.807, 2.05) is 18.2 Å². The van der Waals surface area contributed by atoms with Crippen LogP contribution in [-0.4, -0.2) is 16.6 Å². The molecule has 0 aliphatic heterocycles. The fraction of sp³-hybridized carbons (Fsp3) is 0.133. The lowest BCUT2D eigenvalue weighted by atomic mass is 10.1. The van der Waals surface area contributed by atoms with E-state index in [2.05, 4.69) is 5.32 Å². The summed E-state index contributed by atoms with van der Waals surface area (Å²) in [7, 11) is 0. The smallest absolute Gasteiger partial charge is 0.270 e. The highest BCUT2D eigenvalue weighted by Crippen LogP contribution is 2.21. The molecule has 0 spiro atoms. The number of nitro groups is 1. The van der Waals surface area contributed by atoms with Crippen LogP contribution in [0.5, 0.6) is 5.75 Å². The van der Waals surface area contributed by atoms with Crippen molar-refractivity contribution >= 4 is 11.4 Å². The summed E-state index contributed by atoms with van der Waals surface area (Å²) in [5.74, 6) is 0.217. The summed E-state index contributed by atoms with van der Waals surface area (Å²) in [4.78, 5) is 10.1. The van der Waals surface area contributed by atoms with Crippen molar-refractivity contribution in [2.24, 2.45) is 0 Å². The number of non-ortho nitro benzene ring substituents is 1. The Balaban J connectivity index is 2.01. The second-order valence-electron chi connectivity index (χ2n) is 4.44. The minimum absolute atomic E-state index is 0.101. The Hall–Kier alpha value is -3.07. The van der Waals surface area contributed by atoms with Gasteiger partial charge in [-0.3, -0.25) is 10.1 Å². The molecule has 6 nitrogen and oxygen atoms in total. The summed E-state index contributed by atoms with van der Waals surface area (Å²) in [5, 5.41) is 32.0. The van der Waals surface area contributed by atoms with Crippen molar-refractivity contribution in [3.05, 3.63) is 63.7 Å². The van der Waals surface area contributed by atoms with Gasteiger partial charge < -0.3 is 10.4 Å². The van der Waals surface area contributed by atoms with E-state index in [0.717, 1.165) is 5.56 Å². The normalized spacial score (nSPS) is 9.86. The molecule has 0 radical (unpaired) electrons. The lowest BCUT2D eigenvalue weighted by Gasteiger charge is -2.08. The summed E-state index contributed by atoms with van der Waals surface area (Å²) in [5.41, 5.74) is 1.76. The van der Waals surface area contributed by atoms with E-state index in [1.54, 1.807) is 12.1 Å². The topological polar surface area (TPSA) is 99.2 Å². The first kappa shape index (κ1) is 14.3. The molecule has 0 saturated carbocycles. The van der Waals surface area contributed by atoms with Crippen molar-refractivity contribution in [2.75, 3.05) is 11.9 Å². The first-order valence-corrected chi connectivity index (χ1v) is 6.30. The Bertz CT molecular complexity index is 690. The quantitative estimate of drug-likeness (QED) is 0.649. The van der Waals surface area contributed by atoms with Gasteiger partial charge in [0.15, 0.2) is 0 Å². The van der Waals surface area contributed by atoms with Gasteiger partial charge in [0.25, 0.3) is 5.69 Å². The number of phenols is 1. The molecule has 2 aromatic carbocycles. The molecule has 0 aromatic heterocycles. The first-order valence-electron chi connectivity index (χ1n) is 6.30. The fourth-order valence-electron chi connectivity index (χ4n) is 1.90. The Morgan fingerprint density at radius 1 is 1.24 bits per heavy atom. The maximum atomic E-state index is 10.7. The predicted octanol–water partition coefficient (Wildman–Crippen LogP) is 2.83. The van der Waals surface area contributed by atoms with Crippen molar-refractivity contribution in [3.8, 4) is 11.8 Å². The van der Waals surface area contributed by atoms with Gasteiger partial charge in [0.05, 0.1) is 16.2 Å². The monoisotopic (exact) mass is 283 g/mol. The van der Waals surface area contributed by atoms with E-state index in [1.165, 1.54) is 18.2 Å². The van der Waals surface area contributed by atoms with Crippen LogP contribution in [0.15, 0.2) is 42.5 Å². The molecular weight excluding hydrogens is 270 g/mol. The lowest BCUT2D eigenvalue weighted by molar-refractivity contribution is -0.384. The van der Waals surface area contributed by atoms with Crippen molar-refractivity contribution in [2.45, 2.75) is 6.42 Å². The van der Waals surface area contributed by atoms with Crippen molar-refractivity contribution in [1.82, 2.24) is 0 Å². The van der Waals surface area contributed by atoms with Crippen LogP contribution in [0.4, 0.5) is 11.4 Å². The van der Waals surface area contributed by atoms with Gasteiger partial charge in [-0.05, 0) is 30.2 Å². The molecule has 0 unspecified atom stereocenters. The number of nitrogens with zero attached hydrogens (tertiary/aromatic N) is 2. The third-order valence-corrected chi connectivity index (χ3v) is 3.00. The van der Waals surface area contributed by atoms with Gasteiger partial charge in [0.2, 0.25) is 0 Å². The number of benzene rings is 2. The molecule has 0 saturated heterocycles. The third-order valence-electron chi connectivity index (χ3n) is 3.00. The van der Waals surface area contributed by atoms with E-state index in [4.69, 9.17) is 5.26 Å². The summed E-state index contributed by atoms with van der Waals surface area (Å²) in [6, 6.07) is 13.0. The van der Waals surface area contributed by atoms with Crippen molar-refractivity contribution < 1.29 is 10.0 Å². The summed E-state index contributed by atoms with van der Waals surface area (Å²) in [6.45, 7) is 0.581. The Labute approximate surface area is 121 Å². The zero-order valence-electron chi connectivity index (χ0n) is 11.1. The molecule has 0 bridgehead atoms. The minimum atomic E-state index is -0.527. The van der Waals surface area contributed by atoms with Crippen LogP contribution in [0.1, 0.15) is 11.1 Å². The summed E-state index contributed by atoms with van der Waals surface area (Å²) in [6.07, 6.45) is 0.710. The van der Waals surface area contributed by atoms with E-state index in [9.17, 15) is 15.2 Å². The zero-order chi connectivity index (χ0) is 15.2. The molecule has 2 N–H and O–H groups in total. The van der Waals surface area contributed by atoms with Gasteiger partial charge in [-0.2, -0.15) is 5.26 Å². The molecule has 2 aromatic rings. The van der Waals surface area contributed by atoms with E-state index in [-0.39, 0.29) is 17.0 Å². The molecule has 2 rings (SSSR count). The van der Waals surface area contributed by atoms with Crippen molar-refractivity contribution in [3.63, 3.8) is 0 Å². The van der Waals surface area contributed by atoms with Gasteiger partial charge in [-0.25, -0.2) is 0 Å². The van der Waals surface area contributed by atoms with E-state index >= 15 is 0 Å². The number of hydrogen-bond donors (Lipinski definition) is 2. The average Bonchev–Trinajstić information content (AvgIpc) is 2.49. The van der Waals surface area contributed by atoms with Crippen LogP contribution in [-0.2, 0) is 6.42 Å². The van der Waals surface area contributed by atoms with Crippen LogP contribution in [0.25, 0.3) is 0 Å². The van der Waals surface area contributed by atoms with Gasteiger partial charge in [-0.15, -0.1) is 0 Å². The molecule has 0 aliphatic rings. The Kier molecular flexibility index (Phi) is 4.36.